The van der Waals surface area contributed by atoms with Gasteiger partial charge in [0, 0.05) is 19.6 Å². The van der Waals surface area contributed by atoms with Crippen molar-refractivity contribution in [1.29, 1.82) is 0 Å². The second kappa shape index (κ2) is 12.5. The number of rotatable bonds is 12. The van der Waals surface area contributed by atoms with E-state index in [2.05, 4.69) is 0 Å². The molecule has 0 aliphatic rings. The van der Waals surface area contributed by atoms with Gasteiger partial charge in [-0.25, -0.2) is 0 Å². The van der Waals surface area contributed by atoms with Crippen LogP contribution in [0.25, 0.3) is 0 Å². The average Bonchev–Trinajstić information content (AvgIpc) is 2.69. The van der Waals surface area contributed by atoms with E-state index in [0.717, 1.165) is 0 Å². The summed E-state index contributed by atoms with van der Waals surface area (Å²) in [4.78, 5) is 23.3. The van der Waals surface area contributed by atoms with Gasteiger partial charge >= 0.3 is 24.2 Å². The fourth-order valence-electron chi connectivity index (χ4n) is 2.69. The number of unbranched alkanes of at least 4 members (excludes halogenated alkanes) is 1. The molecular weight excluding hydrogens is 432 g/mol. The van der Waals surface area contributed by atoms with Gasteiger partial charge in [0.2, 0.25) is 0 Å². The standard InChI is InChI=1S/C19H25F6N3O3/c20-18(21,22)16(30)26-9-4-5-11-28(12-6-10-27-17(31)19(23,24)25)13-15(29)14-7-2-1-3-8-14/h1-3,7-8,15,29H,4-6,9-13H2,(H,26,30)(H,27,31). The molecule has 1 atom stereocenters. The quantitative estimate of drug-likeness (QED) is 0.333. The Balaban J connectivity index is 2.49. The fraction of sp³-hybridized carbons (Fsp3) is 0.579. The minimum atomic E-state index is -4.97. The first-order chi connectivity index (χ1) is 14.4. The maximum atomic E-state index is 12.2. The highest BCUT2D eigenvalue weighted by Crippen LogP contribution is 2.16. The molecule has 0 heterocycles. The van der Waals surface area contributed by atoms with Crippen molar-refractivity contribution in [2.24, 2.45) is 0 Å². The molecule has 1 aromatic carbocycles. The number of carbonyl (C=O) groups is 2. The van der Waals surface area contributed by atoms with E-state index >= 15 is 0 Å². The lowest BCUT2D eigenvalue weighted by Gasteiger charge is -2.25. The number of carbonyl (C=O) groups excluding carboxylic acids is 2. The Morgan fingerprint density at radius 1 is 0.839 bits per heavy atom. The maximum Gasteiger partial charge on any atom is 0.471 e. The molecule has 176 valence electrons. The zero-order valence-corrected chi connectivity index (χ0v) is 16.6. The Labute approximate surface area is 175 Å². The number of halogens is 6. The summed E-state index contributed by atoms with van der Waals surface area (Å²) in [6, 6.07) is 8.66. The highest BCUT2D eigenvalue weighted by Gasteiger charge is 2.38. The summed E-state index contributed by atoms with van der Waals surface area (Å²) in [5, 5.41) is 13.9. The number of benzene rings is 1. The first kappa shape index (κ1) is 26.7. The van der Waals surface area contributed by atoms with Crippen LogP contribution in [0.3, 0.4) is 0 Å². The molecule has 0 spiro atoms. The molecule has 6 nitrogen and oxygen atoms in total. The second-order valence-electron chi connectivity index (χ2n) is 6.80. The van der Waals surface area contributed by atoms with Gasteiger partial charge in [0.15, 0.2) is 0 Å². The van der Waals surface area contributed by atoms with Gasteiger partial charge in [-0.05, 0) is 37.9 Å². The first-order valence-corrected chi connectivity index (χ1v) is 9.56. The van der Waals surface area contributed by atoms with E-state index in [1.807, 2.05) is 0 Å². The Kier molecular flexibility index (Phi) is 10.8. The topological polar surface area (TPSA) is 81.7 Å². The number of hydrogen-bond donors (Lipinski definition) is 3. The third-order valence-corrected chi connectivity index (χ3v) is 4.25. The van der Waals surface area contributed by atoms with Gasteiger partial charge in [0.1, 0.15) is 0 Å². The highest BCUT2D eigenvalue weighted by atomic mass is 19.4. The smallest absolute Gasteiger partial charge is 0.387 e. The summed E-state index contributed by atoms with van der Waals surface area (Å²) in [6.45, 7) is 0.315. The van der Waals surface area contributed by atoms with Crippen molar-refractivity contribution < 1.29 is 41.0 Å². The maximum absolute atomic E-state index is 12.2. The van der Waals surface area contributed by atoms with Crippen LogP contribution in [0.4, 0.5) is 26.3 Å². The lowest BCUT2D eigenvalue weighted by molar-refractivity contribution is -0.173. The molecule has 0 bridgehead atoms. The molecule has 0 aromatic heterocycles. The molecular formula is C19H25F6N3O3. The number of hydrogen-bond acceptors (Lipinski definition) is 4. The number of aliphatic hydroxyl groups excluding tert-OH is 1. The second-order valence-corrected chi connectivity index (χ2v) is 6.80. The molecule has 0 aliphatic heterocycles. The minimum Gasteiger partial charge on any atom is -0.387 e. The summed E-state index contributed by atoms with van der Waals surface area (Å²) >= 11 is 0. The molecule has 3 N–H and O–H groups in total. The molecule has 31 heavy (non-hydrogen) atoms. The zero-order valence-electron chi connectivity index (χ0n) is 16.6. The van der Waals surface area contributed by atoms with Gasteiger partial charge in [-0.2, -0.15) is 26.3 Å². The van der Waals surface area contributed by atoms with Crippen LogP contribution in [-0.4, -0.2) is 66.9 Å². The molecule has 12 heteroatoms. The number of aliphatic hydroxyl groups is 1. The van der Waals surface area contributed by atoms with Gasteiger partial charge in [-0.15, -0.1) is 0 Å². The molecule has 2 amide bonds. The van der Waals surface area contributed by atoms with Crippen molar-refractivity contribution in [2.45, 2.75) is 37.7 Å². The predicted molar refractivity (Wildman–Crippen MR) is 99.8 cm³/mol. The Morgan fingerprint density at radius 3 is 1.84 bits per heavy atom. The molecule has 0 saturated heterocycles. The molecule has 1 aromatic rings. The summed E-state index contributed by atoms with van der Waals surface area (Å²) in [5.41, 5.74) is 0.635. The lowest BCUT2D eigenvalue weighted by Crippen LogP contribution is -2.39. The van der Waals surface area contributed by atoms with E-state index in [9.17, 15) is 41.0 Å². The third-order valence-electron chi connectivity index (χ3n) is 4.25. The predicted octanol–water partition coefficient (Wildman–Crippen LogP) is 2.55. The number of nitrogens with one attached hydrogen (secondary N) is 2. The SMILES string of the molecule is O=C(NCCCCN(CCCNC(=O)C(F)(F)F)CC(O)c1ccccc1)C(F)(F)F. The Bertz CT molecular complexity index is 683. The van der Waals surface area contributed by atoms with E-state index < -0.39 is 30.3 Å². The van der Waals surface area contributed by atoms with Crippen LogP contribution >= 0.6 is 0 Å². The van der Waals surface area contributed by atoms with Gasteiger partial charge in [-0.1, -0.05) is 30.3 Å². The molecule has 0 saturated carbocycles. The molecule has 0 radical (unpaired) electrons. The van der Waals surface area contributed by atoms with Crippen molar-refractivity contribution in [3.8, 4) is 0 Å². The van der Waals surface area contributed by atoms with Crippen molar-refractivity contribution >= 4 is 11.8 Å². The number of nitrogens with zero attached hydrogens (tertiary/aromatic N) is 1. The summed E-state index contributed by atoms with van der Waals surface area (Å²) < 4.78 is 73.1. The third kappa shape index (κ3) is 11.0. The van der Waals surface area contributed by atoms with Gasteiger partial charge in [0.25, 0.3) is 0 Å². The lowest BCUT2D eigenvalue weighted by atomic mass is 10.1. The van der Waals surface area contributed by atoms with Gasteiger partial charge in [-0.3, -0.25) is 9.59 Å². The summed E-state index contributed by atoms with van der Waals surface area (Å²) in [5.74, 6) is -4.06. The van der Waals surface area contributed by atoms with E-state index in [4.69, 9.17) is 0 Å². The molecule has 1 rings (SSSR count). The van der Waals surface area contributed by atoms with Gasteiger partial charge < -0.3 is 20.6 Å². The van der Waals surface area contributed by atoms with E-state index in [1.54, 1.807) is 45.9 Å². The minimum absolute atomic E-state index is 0.145. The van der Waals surface area contributed by atoms with Crippen molar-refractivity contribution in [2.75, 3.05) is 32.7 Å². The summed E-state index contributed by atoms with van der Waals surface area (Å²) in [7, 11) is 0. The van der Waals surface area contributed by atoms with Crippen LogP contribution in [0.1, 0.15) is 30.9 Å². The molecule has 1 unspecified atom stereocenters. The van der Waals surface area contributed by atoms with Crippen molar-refractivity contribution in [3.05, 3.63) is 35.9 Å². The van der Waals surface area contributed by atoms with E-state index in [-0.39, 0.29) is 39.0 Å². The Morgan fingerprint density at radius 2 is 1.32 bits per heavy atom. The molecule has 0 fully saturated rings. The van der Waals surface area contributed by atoms with Gasteiger partial charge in [0.05, 0.1) is 6.10 Å². The van der Waals surface area contributed by atoms with Crippen LogP contribution in [0.15, 0.2) is 30.3 Å². The van der Waals surface area contributed by atoms with E-state index in [0.29, 0.717) is 18.5 Å². The Hall–Kier alpha value is -2.34. The normalized spacial score (nSPS) is 13.2. The molecule has 0 aliphatic carbocycles. The average molecular weight is 457 g/mol. The van der Waals surface area contributed by atoms with Crippen LogP contribution in [0.5, 0.6) is 0 Å². The summed E-state index contributed by atoms with van der Waals surface area (Å²) in [6.07, 6.45) is -10.00. The van der Waals surface area contributed by atoms with Crippen molar-refractivity contribution in [1.82, 2.24) is 15.5 Å². The van der Waals surface area contributed by atoms with Crippen LogP contribution in [-0.2, 0) is 9.59 Å². The highest BCUT2D eigenvalue weighted by molar-refractivity contribution is 5.81. The van der Waals surface area contributed by atoms with Crippen LogP contribution < -0.4 is 10.6 Å². The first-order valence-electron chi connectivity index (χ1n) is 9.56. The largest absolute Gasteiger partial charge is 0.471 e. The zero-order chi connectivity index (χ0) is 23.5. The number of amides is 2. The van der Waals surface area contributed by atoms with Crippen LogP contribution in [0.2, 0.25) is 0 Å². The number of alkyl halides is 6. The van der Waals surface area contributed by atoms with Crippen LogP contribution in [0, 0.1) is 0 Å². The monoisotopic (exact) mass is 457 g/mol. The van der Waals surface area contributed by atoms with Crippen molar-refractivity contribution in [3.63, 3.8) is 0 Å². The van der Waals surface area contributed by atoms with E-state index in [1.165, 1.54) is 0 Å². The fourth-order valence-corrected chi connectivity index (χ4v) is 2.69.